The minimum atomic E-state index is -0.550. The normalized spacial score (nSPS) is 18.8. The van der Waals surface area contributed by atoms with Crippen LogP contribution in [0.15, 0.2) is 12.1 Å². The molecule has 2 N–H and O–H groups in total. The number of nitro groups is 1. The largest absolute Gasteiger partial charge is 0.444 e. The average Bonchev–Trinajstić information content (AvgIpc) is 2.33. The monoisotopic (exact) mass is 335 g/mol. The van der Waals surface area contributed by atoms with Crippen molar-refractivity contribution in [2.75, 3.05) is 30.3 Å². The van der Waals surface area contributed by atoms with Gasteiger partial charge in [-0.15, -0.1) is 0 Å². The van der Waals surface area contributed by atoms with Gasteiger partial charge < -0.3 is 20.3 Å². The molecule has 0 aromatic carbocycles. The zero-order chi connectivity index (χ0) is 17.7. The number of aromatic nitrogens is 1. The highest BCUT2D eigenvalue weighted by Gasteiger charge is 2.56. The number of hydrogen-bond acceptors (Lipinski definition) is 7. The Morgan fingerprint density at radius 2 is 2.08 bits per heavy atom. The zero-order valence-corrected chi connectivity index (χ0v) is 14.0. The van der Waals surface area contributed by atoms with Crippen LogP contribution >= 0.6 is 0 Å². The Kier molecular flexibility index (Phi) is 3.54. The van der Waals surface area contributed by atoms with Crippen molar-refractivity contribution in [3.8, 4) is 0 Å². The van der Waals surface area contributed by atoms with Crippen LogP contribution in [0.1, 0.15) is 27.2 Å². The van der Waals surface area contributed by atoms with E-state index in [1.807, 2.05) is 25.7 Å². The number of carbonyl (C=O) groups is 1. The van der Waals surface area contributed by atoms with E-state index in [9.17, 15) is 14.9 Å². The summed E-state index contributed by atoms with van der Waals surface area (Å²) in [6.45, 7) is 7.40. The van der Waals surface area contributed by atoms with E-state index in [4.69, 9.17) is 10.5 Å². The highest BCUT2D eigenvalue weighted by atomic mass is 16.6. The fourth-order valence-electron chi connectivity index (χ4n) is 3.11. The average molecular weight is 335 g/mol. The summed E-state index contributed by atoms with van der Waals surface area (Å²) in [5.74, 6) is 0.510. The lowest BCUT2D eigenvalue weighted by Gasteiger charge is -2.62. The number of likely N-dealkylation sites (tertiary alicyclic amines) is 1. The van der Waals surface area contributed by atoms with Crippen molar-refractivity contribution in [3.05, 3.63) is 22.2 Å². The van der Waals surface area contributed by atoms with E-state index in [0.29, 0.717) is 18.9 Å². The van der Waals surface area contributed by atoms with Crippen LogP contribution in [0.3, 0.4) is 0 Å². The molecule has 1 amide bonds. The Morgan fingerprint density at radius 1 is 1.42 bits per heavy atom. The number of nitrogens with two attached hydrogens (primary N) is 1. The van der Waals surface area contributed by atoms with Gasteiger partial charge in [0.05, 0.1) is 10.5 Å². The molecular weight excluding hydrogens is 314 g/mol. The Hall–Kier alpha value is -2.58. The Morgan fingerprint density at radius 3 is 2.54 bits per heavy atom. The highest BCUT2D eigenvalue weighted by Crippen LogP contribution is 2.42. The number of ether oxygens (including phenoxy) is 1. The Balaban J connectivity index is 1.67. The Labute approximate surface area is 139 Å². The van der Waals surface area contributed by atoms with E-state index < -0.39 is 10.5 Å². The number of hydrogen-bond donors (Lipinski definition) is 1. The van der Waals surface area contributed by atoms with E-state index >= 15 is 0 Å². The maximum absolute atomic E-state index is 12.1. The van der Waals surface area contributed by atoms with Crippen LogP contribution < -0.4 is 10.6 Å². The number of nitrogen functional groups attached to an aromatic ring is 1. The van der Waals surface area contributed by atoms with Crippen LogP contribution in [0.4, 0.5) is 22.1 Å². The highest BCUT2D eigenvalue weighted by molar-refractivity contribution is 5.71. The first-order valence-electron chi connectivity index (χ1n) is 7.78. The molecule has 2 aliphatic rings. The van der Waals surface area contributed by atoms with E-state index in [1.54, 1.807) is 11.0 Å². The minimum absolute atomic E-state index is 0.0946. The van der Waals surface area contributed by atoms with E-state index in [0.717, 1.165) is 13.0 Å². The molecule has 2 aliphatic heterocycles. The lowest BCUT2D eigenvalue weighted by atomic mass is 9.77. The molecule has 3 rings (SSSR count). The summed E-state index contributed by atoms with van der Waals surface area (Å²) in [4.78, 5) is 30.2. The fraction of sp³-hybridized carbons (Fsp3) is 0.600. The van der Waals surface area contributed by atoms with Crippen molar-refractivity contribution in [3.63, 3.8) is 0 Å². The molecule has 3 heterocycles. The van der Waals surface area contributed by atoms with Crippen LogP contribution in [0.25, 0.3) is 0 Å². The number of rotatable bonds is 2. The Bertz CT molecular complexity index is 694. The minimum Gasteiger partial charge on any atom is -0.444 e. The number of amides is 1. The second-order valence-corrected chi connectivity index (χ2v) is 7.29. The molecule has 0 aliphatic carbocycles. The van der Waals surface area contributed by atoms with Gasteiger partial charge in [0.25, 0.3) is 0 Å². The van der Waals surface area contributed by atoms with Gasteiger partial charge in [0.15, 0.2) is 0 Å². The van der Waals surface area contributed by atoms with Crippen LogP contribution in [0.5, 0.6) is 0 Å². The first-order chi connectivity index (χ1) is 11.1. The maximum Gasteiger partial charge on any atom is 0.410 e. The molecule has 1 aromatic rings. The van der Waals surface area contributed by atoms with Crippen LogP contribution in [-0.4, -0.2) is 51.7 Å². The van der Waals surface area contributed by atoms with Gasteiger partial charge in [-0.05, 0) is 33.3 Å². The number of carbonyl (C=O) groups excluding carboxylic acids is 1. The van der Waals surface area contributed by atoms with Gasteiger partial charge in [-0.25, -0.2) is 9.78 Å². The lowest BCUT2D eigenvalue weighted by Crippen LogP contribution is -2.78. The van der Waals surface area contributed by atoms with E-state index in [1.165, 1.54) is 6.07 Å². The summed E-state index contributed by atoms with van der Waals surface area (Å²) in [6, 6.07) is 2.97. The molecule has 130 valence electrons. The molecule has 24 heavy (non-hydrogen) atoms. The third-order valence-electron chi connectivity index (χ3n) is 4.36. The third kappa shape index (κ3) is 2.70. The van der Waals surface area contributed by atoms with Crippen molar-refractivity contribution >= 4 is 23.4 Å². The third-order valence-corrected chi connectivity index (χ3v) is 4.36. The number of anilines is 2. The second kappa shape index (κ2) is 5.22. The molecular formula is C15H21N5O4. The number of pyridine rings is 1. The second-order valence-electron chi connectivity index (χ2n) is 7.29. The molecule has 1 aromatic heterocycles. The molecule has 1 spiro atoms. The van der Waals surface area contributed by atoms with Gasteiger partial charge in [0, 0.05) is 25.7 Å². The predicted molar refractivity (Wildman–Crippen MR) is 87.8 cm³/mol. The van der Waals surface area contributed by atoms with Crippen molar-refractivity contribution in [2.24, 2.45) is 0 Å². The van der Waals surface area contributed by atoms with Crippen molar-refractivity contribution in [1.29, 1.82) is 0 Å². The summed E-state index contributed by atoms with van der Waals surface area (Å²) < 4.78 is 5.36. The van der Waals surface area contributed by atoms with Gasteiger partial charge in [0.2, 0.25) is 5.82 Å². The molecule has 0 bridgehead atoms. The molecule has 0 radical (unpaired) electrons. The summed E-state index contributed by atoms with van der Waals surface area (Å²) in [7, 11) is 0. The van der Waals surface area contributed by atoms with Crippen LogP contribution in [0, 0.1) is 10.1 Å². The fourth-order valence-corrected chi connectivity index (χ4v) is 3.11. The van der Waals surface area contributed by atoms with Gasteiger partial charge in [-0.1, -0.05) is 0 Å². The molecule has 2 fully saturated rings. The summed E-state index contributed by atoms with van der Waals surface area (Å²) in [6.07, 6.45) is 0.612. The smallest absolute Gasteiger partial charge is 0.410 e. The summed E-state index contributed by atoms with van der Waals surface area (Å²) in [5.41, 5.74) is 4.79. The zero-order valence-electron chi connectivity index (χ0n) is 14.0. The molecule has 2 saturated heterocycles. The van der Waals surface area contributed by atoms with Crippen molar-refractivity contribution in [2.45, 2.75) is 38.3 Å². The molecule has 0 saturated carbocycles. The predicted octanol–water partition coefficient (Wildman–Crippen LogP) is 1.77. The number of nitrogens with zero attached hydrogens (tertiary/aromatic N) is 4. The summed E-state index contributed by atoms with van der Waals surface area (Å²) >= 11 is 0. The van der Waals surface area contributed by atoms with Gasteiger partial charge >= 0.3 is 11.8 Å². The van der Waals surface area contributed by atoms with E-state index in [2.05, 4.69) is 4.98 Å². The molecule has 9 heteroatoms. The van der Waals surface area contributed by atoms with Crippen LogP contribution in [-0.2, 0) is 4.74 Å². The first kappa shape index (κ1) is 16.3. The first-order valence-corrected chi connectivity index (χ1v) is 7.78. The van der Waals surface area contributed by atoms with Gasteiger partial charge in [-0.3, -0.25) is 10.1 Å². The topological polar surface area (TPSA) is 115 Å². The SMILES string of the molecule is CC(C)(C)OC(=O)N1CC2(CCN2c2ccc([N+](=O)[O-])c(N)n2)C1. The van der Waals surface area contributed by atoms with Crippen molar-refractivity contribution in [1.82, 2.24) is 9.88 Å². The molecule has 0 unspecified atom stereocenters. The van der Waals surface area contributed by atoms with Crippen molar-refractivity contribution < 1.29 is 14.5 Å². The van der Waals surface area contributed by atoms with E-state index in [-0.39, 0.29) is 23.1 Å². The molecule has 0 atom stereocenters. The van der Waals surface area contributed by atoms with Gasteiger partial charge in [0.1, 0.15) is 11.4 Å². The van der Waals surface area contributed by atoms with Crippen LogP contribution in [0.2, 0.25) is 0 Å². The maximum atomic E-state index is 12.1. The standard InChI is InChI=1S/C15H21N5O4/c1-14(2,3)24-13(21)18-8-15(9-18)6-7-19(15)11-5-4-10(20(22)23)12(16)17-11/h4-5H,6-9H2,1-3H3,(H2,16,17). The lowest BCUT2D eigenvalue weighted by molar-refractivity contribution is -0.384. The molecule has 9 nitrogen and oxygen atoms in total. The van der Waals surface area contributed by atoms with Gasteiger partial charge in [-0.2, -0.15) is 0 Å². The summed E-state index contributed by atoms with van der Waals surface area (Å²) in [5, 5.41) is 10.8. The quantitative estimate of drug-likeness (QED) is 0.647.